The van der Waals surface area contributed by atoms with Crippen LogP contribution in [0.1, 0.15) is 13.8 Å². The summed E-state index contributed by atoms with van der Waals surface area (Å²) in [5.41, 5.74) is 0.167. The third-order valence-corrected chi connectivity index (χ3v) is 0.908. The van der Waals surface area contributed by atoms with E-state index in [1.807, 2.05) is 12.3 Å². The van der Waals surface area contributed by atoms with Crippen molar-refractivity contribution in [2.24, 2.45) is 10.4 Å². The molecule has 1 aliphatic heterocycles. The summed E-state index contributed by atoms with van der Waals surface area (Å²) in [7, 11) is 0. The maximum Gasteiger partial charge on any atom is 0.0848 e. The van der Waals surface area contributed by atoms with Crippen molar-refractivity contribution >= 4 is 6.21 Å². The van der Waals surface area contributed by atoms with Gasteiger partial charge in [0, 0.05) is 11.6 Å². The average molecular weight is 94.1 g/mol. The van der Waals surface area contributed by atoms with Crippen LogP contribution in [-0.2, 0) is 0 Å². The molecule has 0 fully saturated rings. The zero-order chi connectivity index (χ0) is 5.33. The molecule has 1 aliphatic rings. The third kappa shape index (κ3) is 0.889. The fraction of sp³-hybridized carbons (Fsp3) is 0.500. The van der Waals surface area contributed by atoms with Gasteiger partial charge in [0.05, 0.1) is 6.20 Å². The van der Waals surface area contributed by atoms with Crippen LogP contribution in [0.2, 0.25) is 0 Å². The van der Waals surface area contributed by atoms with Crippen LogP contribution >= 0.6 is 0 Å². The van der Waals surface area contributed by atoms with Gasteiger partial charge in [0.2, 0.25) is 0 Å². The Morgan fingerprint density at radius 1 is 1.57 bits per heavy atom. The molecule has 7 heavy (non-hydrogen) atoms. The first-order valence-corrected chi connectivity index (χ1v) is 2.35. The fourth-order valence-electron chi connectivity index (χ4n) is 0.445. The first kappa shape index (κ1) is 4.57. The lowest BCUT2D eigenvalue weighted by Crippen LogP contribution is -2.03. The molecule has 0 unspecified atom stereocenters. The predicted molar refractivity (Wildman–Crippen MR) is 30.1 cm³/mol. The first-order valence-electron chi connectivity index (χ1n) is 2.35. The van der Waals surface area contributed by atoms with Crippen LogP contribution in [0.15, 0.2) is 11.1 Å². The van der Waals surface area contributed by atoms with Crippen molar-refractivity contribution in [3.8, 4) is 0 Å². The fourth-order valence-corrected chi connectivity index (χ4v) is 0.445. The van der Waals surface area contributed by atoms with Crippen LogP contribution in [-0.4, -0.2) is 6.21 Å². The van der Waals surface area contributed by atoms with Crippen LogP contribution in [0.25, 0.3) is 0 Å². The number of allylic oxidation sites excluding steroid dienone is 1. The van der Waals surface area contributed by atoms with E-state index < -0.39 is 0 Å². The van der Waals surface area contributed by atoms with E-state index in [0.29, 0.717) is 0 Å². The van der Waals surface area contributed by atoms with Crippen LogP contribution in [0.4, 0.5) is 0 Å². The normalized spacial score (nSPS) is 23.7. The first-order chi connectivity index (χ1) is 3.21. The van der Waals surface area contributed by atoms with E-state index in [4.69, 9.17) is 0 Å². The van der Waals surface area contributed by atoms with Crippen molar-refractivity contribution in [1.29, 1.82) is 0 Å². The van der Waals surface area contributed by atoms with Gasteiger partial charge in [0.15, 0.2) is 0 Å². The Balaban J connectivity index is 2.77. The number of aliphatic imine (C=N–C) groups is 1. The molecule has 0 aromatic heterocycles. The highest BCUT2D eigenvalue weighted by Crippen LogP contribution is 2.16. The Hall–Kier alpha value is -0.590. The second-order valence-corrected chi connectivity index (χ2v) is 2.35. The summed E-state index contributed by atoms with van der Waals surface area (Å²) in [6, 6.07) is 0. The molecule has 1 heteroatoms. The van der Waals surface area contributed by atoms with Gasteiger partial charge >= 0.3 is 0 Å². The van der Waals surface area contributed by atoms with E-state index in [1.165, 1.54) is 0 Å². The summed E-state index contributed by atoms with van der Waals surface area (Å²) in [5.74, 6) is 0. The van der Waals surface area contributed by atoms with Gasteiger partial charge < -0.3 is 0 Å². The predicted octanol–water partition coefficient (Wildman–Crippen LogP) is 1.41. The second-order valence-electron chi connectivity index (χ2n) is 2.35. The molecule has 0 amide bonds. The van der Waals surface area contributed by atoms with Crippen molar-refractivity contribution in [2.45, 2.75) is 13.8 Å². The van der Waals surface area contributed by atoms with Gasteiger partial charge in [0.1, 0.15) is 0 Å². The second kappa shape index (κ2) is 1.19. The highest BCUT2D eigenvalue weighted by molar-refractivity contribution is 5.69. The molecule has 0 spiro atoms. The minimum atomic E-state index is 0.167. The minimum Gasteiger partial charge on any atom is -0.258 e. The molecule has 0 saturated carbocycles. The van der Waals surface area contributed by atoms with Gasteiger partial charge in [-0.05, 0) is 6.08 Å². The number of rotatable bonds is 0. The molecule has 1 heterocycles. The number of nitrogens with zero attached hydrogens (tertiary/aromatic N) is 1. The molecule has 1 rings (SSSR count). The summed E-state index contributed by atoms with van der Waals surface area (Å²) in [6.07, 6.45) is 6.59. The largest absolute Gasteiger partial charge is 0.258 e. The highest BCUT2D eigenvalue weighted by atomic mass is 14.7. The Labute approximate surface area is 43.8 Å². The molecule has 0 aliphatic carbocycles. The molecule has 1 radical (unpaired) electrons. The van der Waals surface area contributed by atoms with Crippen LogP contribution in [0.5, 0.6) is 0 Å². The Bertz CT molecular complexity index is 106. The van der Waals surface area contributed by atoms with E-state index >= 15 is 0 Å². The lowest BCUT2D eigenvalue weighted by atomic mass is 9.97. The molecule has 0 saturated heterocycles. The number of hydrogen-bond donors (Lipinski definition) is 0. The van der Waals surface area contributed by atoms with Crippen molar-refractivity contribution in [2.75, 3.05) is 0 Å². The van der Waals surface area contributed by atoms with E-state index in [0.717, 1.165) is 0 Å². The third-order valence-electron chi connectivity index (χ3n) is 0.908. The van der Waals surface area contributed by atoms with E-state index in [2.05, 4.69) is 25.0 Å². The lowest BCUT2D eigenvalue weighted by molar-refractivity contribution is 0.705. The maximum atomic E-state index is 3.81. The summed E-state index contributed by atoms with van der Waals surface area (Å²) in [5, 5.41) is 0. The van der Waals surface area contributed by atoms with Gasteiger partial charge in [-0.15, -0.1) is 0 Å². The monoisotopic (exact) mass is 94.1 g/mol. The van der Waals surface area contributed by atoms with E-state index in [9.17, 15) is 0 Å². The molecular formula is C6H8N. The molecule has 0 N–H and O–H groups in total. The summed E-state index contributed by atoms with van der Waals surface area (Å²) < 4.78 is 0. The Morgan fingerprint density at radius 3 is 2.43 bits per heavy atom. The minimum absolute atomic E-state index is 0.167. The average Bonchev–Trinajstić information content (AvgIpc) is 1.84. The van der Waals surface area contributed by atoms with Crippen molar-refractivity contribution in [3.63, 3.8) is 0 Å². The summed E-state index contributed by atoms with van der Waals surface area (Å²) in [4.78, 5) is 3.81. The molecule has 1 nitrogen and oxygen atoms in total. The van der Waals surface area contributed by atoms with Crippen LogP contribution in [0, 0.1) is 11.6 Å². The molecule has 0 aromatic rings. The van der Waals surface area contributed by atoms with Crippen molar-refractivity contribution in [1.82, 2.24) is 0 Å². The van der Waals surface area contributed by atoms with Gasteiger partial charge in [-0.2, -0.15) is 0 Å². The molecule has 0 atom stereocenters. The van der Waals surface area contributed by atoms with Gasteiger partial charge in [-0.3, -0.25) is 4.99 Å². The Morgan fingerprint density at radius 2 is 2.29 bits per heavy atom. The van der Waals surface area contributed by atoms with E-state index in [-0.39, 0.29) is 5.41 Å². The maximum absolute atomic E-state index is 3.81. The van der Waals surface area contributed by atoms with Crippen molar-refractivity contribution in [3.05, 3.63) is 12.3 Å². The SMILES string of the molecule is CC1(C)C=[C]N=C1. The molecule has 0 aromatic carbocycles. The highest BCUT2D eigenvalue weighted by Gasteiger charge is 2.12. The van der Waals surface area contributed by atoms with Gasteiger partial charge in [-0.25, -0.2) is 0 Å². The molecule has 37 valence electrons. The molecule has 0 bridgehead atoms. The topological polar surface area (TPSA) is 12.4 Å². The van der Waals surface area contributed by atoms with Crippen molar-refractivity contribution < 1.29 is 0 Å². The quantitative estimate of drug-likeness (QED) is 0.430. The van der Waals surface area contributed by atoms with Gasteiger partial charge in [0.25, 0.3) is 0 Å². The van der Waals surface area contributed by atoms with E-state index in [1.54, 1.807) is 0 Å². The number of hydrogen-bond acceptors (Lipinski definition) is 1. The molecular weight excluding hydrogens is 86.1 g/mol. The van der Waals surface area contributed by atoms with Crippen LogP contribution < -0.4 is 0 Å². The lowest BCUT2D eigenvalue weighted by Gasteiger charge is -2.05. The zero-order valence-electron chi connectivity index (χ0n) is 4.60. The van der Waals surface area contributed by atoms with Gasteiger partial charge in [-0.1, -0.05) is 13.8 Å². The summed E-state index contributed by atoms with van der Waals surface area (Å²) in [6.45, 7) is 4.19. The standard InChI is InChI=1S/C6H8N/c1-6(2)3-4-7-5-6/h3,5H,1-2H3. The smallest absolute Gasteiger partial charge is 0.0848 e. The van der Waals surface area contributed by atoms with Crippen LogP contribution in [0.3, 0.4) is 0 Å². The zero-order valence-corrected chi connectivity index (χ0v) is 4.60. The summed E-state index contributed by atoms with van der Waals surface area (Å²) >= 11 is 0. The Kier molecular flexibility index (Phi) is 0.775.